The van der Waals surface area contributed by atoms with Gasteiger partial charge in [-0.25, -0.2) is 9.67 Å². The van der Waals surface area contributed by atoms with Crippen molar-refractivity contribution in [1.82, 2.24) is 34.4 Å². The van der Waals surface area contributed by atoms with Gasteiger partial charge in [0.05, 0.1) is 0 Å². The summed E-state index contributed by atoms with van der Waals surface area (Å²) in [6, 6.07) is 0.511. The fourth-order valence-corrected chi connectivity index (χ4v) is 3.52. The van der Waals surface area contributed by atoms with E-state index in [0.29, 0.717) is 18.5 Å². The molecule has 2 fully saturated rings. The highest BCUT2D eigenvalue weighted by molar-refractivity contribution is 5.77. The highest BCUT2D eigenvalue weighted by Crippen LogP contribution is 2.39. The normalized spacial score (nSPS) is 18.7. The van der Waals surface area contributed by atoms with E-state index >= 15 is 0 Å². The number of nitrogens with zero attached hydrogens (tertiary/aromatic N) is 7. The molecule has 2 aliphatic rings. The first-order chi connectivity index (χ1) is 12.3. The number of aromatic nitrogens is 6. The van der Waals surface area contributed by atoms with Gasteiger partial charge in [0.25, 0.3) is 0 Å². The SMILES string of the molecule is COCC(=O)N1CCC(c2nnc(Cn3cncn3)n2C2CC2)CC1. The summed E-state index contributed by atoms with van der Waals surface area (Å²) in [5.74, 6) is 2.43. The number of methoxy groups -OCH3 is 1. The molecule has 0 unspecified atom stereocenters. The fourth-order valence-electron chi connectivity index (χ4n) is 3.52. The summed E-state index contributed by atoms with van der Waals surface area (Å²) in [5, 5.41) is 13.1. The van der Waals surface area contributed by atoms with Gasteiger partial charge in [-0.2, -0.15) is 5.10 Å². The first-order valence-electron chi connectivity index (χ1n) is 8.79. The van der Waals surface area contributed by atoms with Crippen molar-refractivity contribution in [2.24, 2.45) is 0 Å². The van der Waals surface area contributed by atoms with E-state index in [9.17, 15) is 4.79 Å². The Hall–Kier alpha value is -2.29. The Morgan fingerprint density at radius 1 is 1.24 bits per heavy atom. The topological polar surface area (TPSA) is 91.0 Å². The molecule has 2 aromatic rings. The van der Waals surface area contributed by atoms with Crippen molar-refractivity contribution in [2.75, 3.05) is 26.8 Å². The summed E-state index contributed by atoms with van der Waals surface area (Å²) < 4.78 is 9.03. The van der Waals surface area contributed by atoms with Crippen LogP contribution in [0.2, 0.25) is 0 Å². The van der Waals surface area contributed by atoms with Gasteiger partial charge in [-0.15, -0.1) is 10.2 Å². The zero-order valence-electron chi connectivity index (χ0n) is 14.4. The van der Waals surface area contributed by atoms with E-state index in [1.54, 1.807) is 18.1 Å². The Kier molecular flexibility index (Phi) is 4.48. The fraction of sp³-hybridized carbons (Fsp3) is 0.688. The predicted octanol–water partition coefficient (Wildman–Crippen LogP) is 0.605. The first kappa shape index (κ1) is 16.2. The van der Waals surface area contributed by atoms with Crippen LogP contribution in [0.15, 0.2) is 12.7 Å². The van der Waals surface area contributed by atoms with E-state index in [2.05, 4.69) is 24.8 Å². The van der Waals surface area contributed by atoms with E-state index in [-0.39, 0.29) is 12.5 Å². The second-order valence-corrected chi connectivity index (χ2v) is 6.76. The molecule has 0 aromatic carbocycles. The molecular weight excluding hydrogens is 322 g/mol. The summed E-state index contributed by atoms with van der Waals surface area (Å²) in [7, 11) is 1.55. The lowest BCUT2D eigenvalue weighted by molar-refractivity contribution is -0.136. The van der Waals surface area contributed by atoms with Crippen molar-refractivity contribution in [2.45, 2.75) is 44.2 Å². The lowest BCUT2D eigenvalue weighted by Crippen LogP contribution is -2.40. The van der Waals surface area contributed by atoms with Gasteiger partial charge in [0.1, 0.15) is 31.6 Å². The number of carbonyl (C=O) groups excluding carboxylic acids is 1. The molecule has 9 nitrogen and oxygen atoms in total. The van der Waals surface area contributed by atoms with Crippen LogP contribution in [-0.2, 0) is 16.1 Å². The number of amides is 1. The Bertz CT molecular complexity index is 715. The summed E-state index contributed by atoms with van der Waals surface area (Å²) >= 11 is 0. The number of likely N-dealkylation sites (tertiary alicyclic amines) is 1. The third-order valence-electron chi connectivity index (χ3n) is 4.96. The van der Waals surface area contributed by atoms with Gasteiger partial charge in [0.2, 0.25) is 5.91 Å². The zero-order chi connectivity index (χ0) is 17.2. The van der Waals surface area contributed by atoms with E-state index < -0.39 is 0 Å². The van der Waals surface area contributed by atoms with Crippen LogP contribution in [0.4, 0.5) is 0 Å². The van der Waals surface area contributed by atoms with Gasteiger partial charge in [0.15, 0.2) is 5.82 Å². The van der Waals surface area contributed by atoms with Crippen LogP contribution in [0.5, 0.6) is 0 Å². The molecule has 0 spiro atoms. The lowest BCUT2D eigenvalue weighted by atomic mass is 9.95. The van der Waals surface area contributed by atoms with Crippen LogP contribution in [0.1, 0.15) is 49.3 Å². The molecule has 2 aromatic heterocycles. The standard InChI is InChI=1S/C16H23N7O2/c1-25-9-15(24)21-6-4-12(5-7-21)16-20-19-14(23(16)13-2-3-13)8-22-11-17-10-18-22/h10-13H,2-9H2,1H3. The Morgan fingerprint density at radius 2 is 2.04 bits per heavy atom. The molecule has 4 rings (SSSR count). The highest BCUT2D eigenvalue weighted by Gasteiger charge is 2.34. The second kappa shape index (κ2) is 6.91. The molecule has 0 N–H and O–H groups in total. The number of hydrogen-bond acceptors (Lipinski definition) is 6. The van der Waals surface area contributed by atoms with Gasteiger partial charge in [-0.1, -0.05) is 0 Å². The molecule has 0 radical (unpaired) electrons. The third-order valence-corrected chi connectivity index (χ3v) is 4.96. The molecule has 25 heavy (non-hydrogen) atoms. The maximum absolute atomic E-state index is 12.0. The predicted molar refractivity (Wildman–Crippen MR) is 87.8 cm³/mol. The smallest absolute Gasteiger partial charge is 0.248 e. The molecule has 1 amide bonds. The third kappa shape index (κ3) is 3.41. The molecule has 0 atom stereocenters. The first-order valence-corrected chi connectivity index (χ1v) is 8.79. The minimum Gasteiger partial charge on any atom is -0.375 e. The van der Waals surface area contributed by atoms with Gasteiger partial charge in [0, 0.05) is 32.2 Å². The van der Waals surface area contributed by atoms with Gasteiger partial charge in [-0.05, 0) is 25.7 Å². The number of carbonyl (C=O) groups is 1. The average Bonchev–Trinajstić information content (AvgIpc) is 3.17. The molecule has 9 heteroatoms. The van der Waals surface area contributed by atoms with E-state index in [1.165, 1.54) is 19.2 Å². The van der Waals surface area contributed by atoms with Crippen LogP contribution in [-0.4, -0.2) is 67.1 Å². The number of rotatable bonds is 6. The maximum Gasteiger partial charge on any atom is 0.248 e. The number of piperidine rings is 1. The Balaban J connectivity index is 1.48. The van der Waals surface area contributed by atoms with Crippen molar-refractivity contribution in [3.8, 4) is 0 Å². The molecule has 3 heterocycles. The van der Waals surface area contributed by atoms with Crippen LogP contribution in [0.3, 0.4) is 0 Å². The average molecular weight is 345 g/mol. The quantitative estimate of drug-likeness (QED) is 0.762. The van der Waals surface area contributed by atoms with Gasteiger partial charge in [-0.3, -0.25) is 4.79 Å². The molecule has 1 aliphatic heterocycles. The highest BCUT2D eigenvalue weighted by atomic mass is 16.5. The van der Waals surface area contributed by atoms with Gasteiger partial charge >= 0.3 is 0 Å². The van der Waals surface area contributed by atoms with Crippen molar-refractivity contribution < 1.29 is 9.53 Å². The Labute approximate surface area is 146 Å². The van der Waals surface area contributed by atoms with Crippen LogP contribution < -0.4 is 0 Å². The van der Waals surface area contributed by atoms with E-state index in [0.717, 1.165) is 37.6 Å². The minimum absolute atomic E-state index is 0.0662. The largest absolute Gasteiger partial charge is 0.375 e. The molecule has 1 saturated carbocycles. The van der Waals surface area contributed by atoms with E-state index in [1.807, 2.05) is 4.90 Å². The van der Waals surface area contributed by atoms with Crippen LogP contribution in [0.25, 0.3) is 0 Å². The van der Waals surface area contributed by atoms with E-state index in [4.69, 9.17) is 4.74 Å². The monoisotopic (exact) mass is 345 g/mol. The summed E-state index contributed by atoms with van der Waals surface area (Å²) in [6.45, 7) is 2.26. The molecule has 1 saturated heterocycles. The summed E-state index contributed by atoms with van der Waals surface area (Å²) in [5.41, 5.74) is 0. The minimum atomic E-state index is 0.0662. The van der Waals surface area contributed by atoms with Crippen LogP contribution >= 0.6 is 0 Å². The summed E-state index contributed by atoms with van der Waals surface area (Å²) in [6.07, 6.45) is 7.44. The van der Waals surface area contributed by atoms with Crippen molar-refractivity contribution in [1.29, 1.82) is 0 Å². The van der Waals surface area contributed by atoms with Crippen molar-refractivity contribution in [3.05, 3.63) is 24.3 Å². The number of ether oxygens (including phenoxy) is 1. The second-order valence-electron chi connectivity index (χ2n) is 6.76. The Morgan fingerprint density at radius 3 is 2.68 bits per heavy atom. The van der Waals surface area contributed by atoms with Crippen molar-refractivity contribution in [3.63, 3.8) is 0 Å². The molecule has 0 bridgehead atoms. The number of hydrogen-bond donors (Lipinski definition) is 0. The molecular formula is C16H23N7O2. The van der Waals surface area contributed by atoms with Crippen molar-refractivity contribution >= 4 is 5.91 Å². The zero-order valence-corrected chi connectivity index (χ0v) is 14.4. The molecule has 1 aliphatic carbocycles. The lowest BCUT2D eigenvalue weighted by Gasteiger charge is -2.31. The van der Waals surface area contributed by atoms with Crippen LogP contribution in [0, 0.1) is 0 Å². The summed E-state index contributed by atoms with van der Waals surface area (Å²) in [4.78, 5) is 17.8. The maximum atomic E-state index is 12.0. The molecule has 134 valence electrons. The van der Waals surface area contributed by atoms with Gasteiger partial charge < -0.3 is 14.2 Å².